The first-order chi connectivity index (χ1) is 10.5. The molecule has 0 aliphatic rings. The van der Waals surface area contributed by atoms with Gasteiger partial charge in [0.15, 0.2) is 0 Å². The Kier molecular flexibility index (Phi) is 3.32. The quantitative estimate of drug-likeness (QED) is 0.762. The molecule has 3 rings (SSSR count). The van der Waals surface area contributed by atoms with Crippen LogP contribution >= 0.6 is 0 Å². The maximum absolute atomic E-state index is 13.9. The zero-order valence-corrected chi connectivity index (χ0v) is 11.5. The number of nitrogen functional groups attached to an aromatic ring is 1. The van der Waals surface area contributed by atoms with Crippen molar-refractivity contribution in [3.8, 4) is 11.1 Å². The first kappa shape index (κ1) is 14.1. The normalized spacial score (nSPS) is 10.9. The lowest BCUT2D eigenvalue weighted by atomic mass is 10.0. The average molecular weight is 304 g/mol. The highest BCUT2D eigenvalue weighted by Crippen LogP contribution is 2.31. The topological polar surface area (TPSA) is 63.8 Å². The Morgan fingerprint density at radius 1 is 1.00 bits per heavy atom. The van der Waals surface area contributed by atoms with Crippen LogP contribution in [0.5, 0.6) is 0 Å². The molecular formula is C15H11F3N4. The summed E-state index contributed by atoms with van der Waals surface area (Å²) >= 11 is 0. The van der Waals surface area contributed by atoms with Crippen LogP contribution in [0.2, 0.25) is 0 Å². The van der Waals surface area contributed by atoms with Crippen LogP contribution in [0.3, 0.4) is 0 Å². The molecule has 2 aromatic carbocycles. The monoisotopic (exact) mass is 304 g/mol. The standard InChI is InChI=1S/C15H11F3N4/c1-20-14-9-3-2-7(4-12(9)21-15(19)22-14)13-10(17)5-8(16)6-11(13)18/h2-6H,1H3,(H3,19,20,21,22). The summed E-state index contributed by atoms with van der Waals surface area (Å²) in [6.07, 6.45) is 0. The summed E-state index contributed by atoms with van der Waals surface area (Å²) in [5.74, 6) is -2.38. The van der Waals surface area contributed by atoms with Gasteiger partial charge in [-0.1, -0.05) is 6.07 Å². The zero-order chi connectivity index (χ0) is 15.9. The average Bonchev–Trinajstić information content (AvgIpc) is 2.44. The fourth-order valence-corrected chi connectivity index (χ4v) is 2.31. The maximum atomic E-state index is 13.9. The summed E-state index contributed by atoms with van der Waals surface area (Å²) in [6, 6.07) is 5.89. The number of nitrogens with zero attached hydrogens (tertiary/aromatic N) is 2. The predicted molar refractivity (Wildman–Crippen MR) is 78.8 cm³/mol. The zero-order valence-electron chi connectivity index (χ0n) is 11.5. The molecule has 0 aliphatic carbocycles. The van der Waals surface area contributed by atoms with E-state index in [1.165, 1.54) is 12.1 Å². The lowest BCUT2D eigenvalue weighted by Crippen LogP contribution is -2.01. The van der Waals surface area contributed by atoms with Crippen LogP contribution in [0.25, 0.3) is 22.0 Å². The van der Waals surface area contributed by atoms with Crippen LogP contribution in [0, 0.1) is 17.5 Å². The highest BCUT2D eigenvalue weighted by atomic mass is 19.1. The van der Waals surface area contributed by atoms with Crippen molar-refractivity contribution in [2.75, 3.05) is 18.1 Å². The van der Waals surface area contributed by atoms with Crippen LogP contribution in [-0.2, 0) is 0 Å². The van der Waals surface area contributed by atoms with Gasteiger partial charge in [-0.2, -0.15) is 4.98 Å². The number of nitrogens with one attached hydrogen (secondary N) is 1. The summed E-state index contributed by atoms with van der Waals surface area (Å²) < 4.78 is 40.7. The molecule has 7 heteroatoms. The van der Waals surface area contributed by atoms with Gasteiger partial charge in [0.25, 0.3) is 0 Å². The highest BCUT2D eigenvalue weighted by Gasteiger charge is 2.15. The van der Waals surface area contributed by atoms with Crippen molar-refractivity contribution in [1.29, 1.82) is 0 Å². The first-order valence-electron chi connectivity index (χ1n) is 6.39. The van der Waals surface area contributed by atoms with Crippen LogP contribution < -0.4 is 11.1 Å². The third-order valence-corrected chi connectivity index (χ3v) is 3.25. The van der Waals surface area contributed by atoms with Gasteiger partial charge >= 0.3 is 0 Å². The first-order valence-corrected chi connectivity index (χ1v) is 6.39. The lowest BCUT2D eigenvalue weighted by molar-refractivity contribution is 0.548. The summed E-state index contributed by atoms with van der Waals surface area (Å²) in [6.45, 7) is 0. The van der Waals surface area contributed by atoms with E-state index in [1.54, 1.807) is 13.1 Å². The van der Waals surface area contributed by atoms with Gasteiger partial charge in [0.1, 0.15) is 23.3 Å². The predicted octanol–water partition coefficient (Wildman–Crippen LogP) is 3.34. The molecule has 112 valence electrons. The van der Waals surface area contributed by atoms with Crippen molar-refractivity contribution in [2.45, 2.75) is 0 Å². The summed E-state index contributed by atoms with van der Waals surface area (Å²) in [5, 5.41) is 3.53. The van der Waals surface area contributed by atoms with Crippen molar-refractivity contribution < 1.29 is 13.2 Å². The molecule has 3 N–H and O–H groups in total. The van der Waals surface area contributed by atoms with Crippen molar-refractivity contribution >= 4 is 22.7 Å². The van der Waals surface area contributed by atoms with Gasteiger partial charge < -0.3 is 11.1 Å². The van der Waals surface area contributed by atoms with Gasteiger partial charge in [-0.3, -0.25) is 0 Å². The summed E-state index contributed by atoms with van der Waals surface area (Å²) in [4.78, 5) is 8.08. The molecule has 3 aromatic rings. The van der Waals surface area contributed by atoms with Gasteiger partial charge in [0.2, 0.25) is 5.95 Å². The number of fused-ring (bicyclic) bond motifs is 1. The van der Waals surface area contributed by atoms with E-state index < -0.39 is 17.5 Å². The highest BCUT2D eigenvalue weighted by molar-refractivity contribution is 5.92. The minimum absolute atomic E-state index is 0.0362. The van der Waals surface area contributed by atoms with E-state index >= 15 is 0 Å². The molecule has 22 heavy (non-hydrogen) atoms. The molecule has 0 unspecified atom stereocenters. The van der Waals surface area contributed by atoms with Gasteiger partial charge in [0, 0.05) is 24.6 Å². The number of hydrogen-bond acceptors (Lipinski definition) is 4. The van der Waals surface area contributed by atoms with Crippen LogP contribution in [0.15, 0.2) is 30.3 Å². The van der Waals surface area contributed by atoms with E-state index in [4.69, 9.17) is 5.73 Å². The molecule has 0 saturated carbocycles. The van der Waals surface area contributed by atoms with E-state index in [-0.39, 0.29) is 17.1 Å². The number of benzene rings is 2. The molecule has 0 radical (unpaired) electrons. The third kappa shape index (κ3) is 2.30. The SMILES string of the molecule is CNc1nc(N)nc2cc(-c3c(F)cc(F)cc3F)ccc12. The Balaban J connectivity index is 2.26. The lowest BCUT2D eigenvalue weighted by Gasteiger charge is -2.09. The molecular weight excluding hydrogens is 293 g/mol. The molecule has 4 nitrogen and oxygen atoms in total. The molecule has 0 amide bonds. The Hall–Kier alpha value is -2.83. The smallest absolute Gasteiger partial charge is 0.222 e. The van der Waals surface area contributed by atoms with Gasteiger partial charge in [-0.15, -0.1) is 0 Å². The molecule has 0 atom stereocenters. The third-order valence-electron chi connectivity index (χ3n) is 3.25. The molecule has 0 fully saturated rings. The summed E-state index contributed by atoms with van der Waals surface area (Å²) in [5.41, 5.74) is 5.96. The second-order valence-corrected chi connectivity index (χ2v) is 4.66. The largest absolute Gasteiger partial charge is 0.372 e. The van der Waals surface area contributed by atoms with Crippen molar-refractivity contribution in [2.24, 2.45) is 0 Å². The van der Waals surface area contributed by atoms with Crippen LogP contribution in [-0.4, -0.2) is 17.0 Å². The summed E-state index contributed by atoms with van der Waals surface area (Å²) in [7, 11) is 1.68. The van der Waals surface area contributed by atoms with E-state index in [0.29, 0.717) is 28.9 Å². The Labute approximate surface area is 123 Å². The van der Waals surface area contributed by atoms with E-state index in [1.807, 2.05) is 0 Å². The second-order valence-electron chi connectivity index (χ2n) is 4.66. The van der Waals surface area contributed by atoms with Crippen molar-refractivity contribution in [1.82, 2.24) is 9.97 Å². The van der Waals surface area contributed by atoms with Gasteiger partial charge in [0.05, 0.1) is 11.1 Å². The Morgan fingerprint density at radius 3 is 2.32 bits per heavy atom. The van der Waals surface area contributed by atoms with Gasteiger partial charge in [-0.05, 0) is 17.7 Å². The van der Waals surface area contributed by atoms with E-state index in [9.17, 15) is 13.2 Å². The number of halogens is 3. The Morgan fingerprint density at radius 2 is 1.68 bits per heavy atom. The molecule has 1 heterocycles. The minimum Gasteiger partial charge on any atom is -0.372 e. The number of aromatic nitrogens is 2. The number of hydrogen-bond donors (Lipinski definition) is 2. The van der Waals surface area contributed by atoms with Crippen LogP contribution in [0.1, 0.15) is 0 Å². The molecule has 0 aliphatic heterocycles. The van der Waals surface area contributed by atoms with E-state index in [2.05, 4.69) is 15.3 Å². The number of anilines is 2. The van der Waals surface area contributed by atoms with Crippen molar-refractivity contribution in [3.05, 3.63) is 47.8 Å². The molecule has 0 saturated heterocycles. The number of rotatable bonds is 2. The maximum Gasteiger partial charge on any atom is 0.222 e. The molecule has 1 aromatic heterocycles. The van der Waals surface area contributed by atoms with E-state index in [0.717, 1.165) is 0 Å². The molecule has 0 spiro atoms. The van der Waals surface area contributed by atoms with Gasteiger partial charge in [-0.25, -0.2) is 18.2 Å². The van der Waals surface area contributed by atoms with Crippen LogP contribution in [0.4, 0.5) is 24.9 Å². The molecule has 0 bridgehead atoms. The number of nitrogens with two attached hydrogens (primary N) is 1. The van der Waals surface area contributed by atoms with Crippen molar-refractivity contribution in [3.63, 3.8) is 0 Å². The fraction of sp³-hybridized carbons (Fsp3) is 0.0667. The Bertz CT molecular complexity index is 857. The second kappa shape index (κ2) is 5.18. The minimum atomic E-state index is -0.979. The fourth-order valence-electron chi connectivity index (χ4n) is 2.31.